The van der Waals surface area contributed by atoms with Crippen molar-refractivity contribution in [2.45, 2.75) is 31.4 Å². The molecule has 0 saturated carbocycles. The number of aliphatic hydroxyl groups excluding tert-OH is 1. The van der Waals surface area contributed by atoms with E-state index in [-0.39, 0.29) is 17.8 Å². The molecule has 1 heterocycles. The van der Waals surface area contributed by atoms with Crippen molar-refractivity contribution in [1.82, 2.24) is 4.98 Å². The van der Waals surface area contributed by atoms with Crippen LogP contribution in [0.4, 0.5) is 36.4 Å². The first-order valence-electron chi connectivity index (χ1n) is 9.91. The summed E-state index contributed by atoms with van der Waals surface area (Å²) in [5.41, 5.74) is 1.64. The summed E-state index contributed by atoms with van der Waals surface area (Å²) in [5, 5.41) is 9.66. The number of alkyl halides is 7. The fourth-order valence-corrected chi connectivity index (χ4v) is 3.10. The monoisotopic (exact) mass is 488 g/mol. The maximum absolute atomic E-state index is 13.3. The van der Waals surface area contributed by atoms with Crippen molar-refractivity contribution in [1.29, 1.82) is 0 Å². The Balaban J connectivity index is 1.92. The van der Waals surface area contributed by atoms with Crippen molar-refractivity contribution in [3.63, 3.8) is 0 Å². The van der Waals surface area contributed by atoms with Gasteiger partial charge in [-0.2, -0.15) is 30.7 Å². The predicted molar refractivity (Wildman–Crippen MR) is 111 cm³/mol. The summed E-state index contributed by atoms with van der Waals surface area (Å²) in [4.78, 5) is 5.39. The lowest BCUT2D eigenvalue weighted by molar-refractivity contribution is -0.253. The van der Waals surface area contributed by atoms with Gasteiger partial charge in [-0.3, -0.25) is 4.98 Å². The molecule has 3 aromatic rings. The van der Waals surface area contributed by atoms with Gasteiger partial charge in [0, 0.05) is 24.0 Å². The third-order valence-electron chi connectivity index (χ3n) is 4.72. The van der Waals surface area contributed by atoms with E-state index in [9.17, 15) is 35.8 Å². The van der Waals surface area contributed by atoms with Gasteiger partial charge in [0.05, 0.1) is 12.2 Å². The summed E-state index contributed by atoms with van der Waals surface area (Å²) in [5.74, 6) is -0.582. The van der Waals surface area contributed by atoms with Gasteiger partial charge in [0.15, 0.2) is 6.10 Å². The first-order chi connectivity index (χ1) is 16.0. The van der Waals surface area contributed by atoms with Crippen LogP contribution in [0.2, 0.25) is 0 Å². The molecular weight excluding hydrogens is 469 g/mol. The molecule has 0 radical (unpaired) electrons. The molecule has 0 fully saturated rings. The highest BCUT2D eigenvalue weighted by atomic mass is 19.4. The van der Waals surface area contributed by atoms with Crippen LogP contribution in [0.5, 0.6) is 5.75 Å². The number of ether oxygens (including phenoxy) is 1. The lowest BCUT2D eigenvalue weighted by Gasteiger charge is -2.29. The molecule has 1 unspecified atom stereocenters. The Hall–Kier alpha value is -3.34. The predicted octanol–water partition coefficient (Wildman–Crippen LogP) is 5.92. The van der Waals surface area contributed by atoms with Gasteiger partial charge in [0.25, 0.3) is 0 Å². The van der Waals surface area contributed by atoms with Crippen LogP contribution < -0.4 is 9.64 Å². The Bertz CT molecular complexity index is 1080. The average molecular weight is 488 g/mol. The summed E-state index contributed by atoms with van der Waals surface area (Å²) in [6, 6.07) is 16.2. The molecule has 0 amide bonds. The molecule has 2 aromatic carbocycles. The normalized spacial score (nSPS) is 13.1. The first kappa shape index (κ1) is 25.3. The van der Waals surface area contributed by atoms with Crippen molar-refractivity contribution < 1.29 is 40.6 Å². The smallest absolute Gasteiger partial charge is 0.428 e. The molecule has 1 aromatic heterocycles. The number of rotatable bonds is 9. The van der Waals surface area contributed by atoms with E-state index in [0.717, 1.165) is 12.1 Å². The second kappa shape index (κ2) is 10.3. The zero-order valence-corrected chi connectivity index (χ0v) is 17.4. The zero-order chi connectivity index (χ0) is 24.9. The minimum Gasteiger partial charge on any atom is -0.428 e. The standard InChI is InChI=1S/C23H19F7N2O2/c24-21(25)23(29,30)34-18-8-3-5-15(11-18)13-32(14-20(33)22(26,27)28)17-7-4-6-16(12-17)19-9-1-2-10-31-19/h1-12,20-21,33H,13-14H2. The topological polar surface area (TPSA) is 45.6 Å². The van der Waals surface area contributed by atoms with Gasteiger partial charge in [-0.15, -0.1) is 0 Å². The van der Waals surface area contributed by atoms with Crippen LogP contribution in [0.25, 0.3) is 11.3 Å². The van der Waals surface area contributed by atoms with E-state index in [2.05, 4.69) is 9.72 Å². The van der Waals surface area contributed by atoms with E-state index in [0.29, 0.717) is 11.3 Å². The molecule has 0 saturated heterocycles. The van der Waals surface area contributed by atoms with Crippen molar-refractivity contribution >= 4 is 5.69 Å². The van der Waals surface area contributed by atoms with Crippen LogP contribution in [0.15, 0.2) is 72.9 Å². The maximum Gasteiger partial charge on any atom is 0.461 e. The van der Waals surface area contributed by atoms with Crippen LogP contribution in [0.1, 0.15) is 5.56 Å². The number of pyridine rings is 1. The van der Waals surface area contributed by atoms with Crippen molar-refractivity contribution in [3.8, 4) is 17.0 Å². The van der Waals surface area contributed by atoms with Crippen LogP contribution in [-0.2, 0) is 6.54 Å². The highest BCUT2D eigenvalue weighted by Crippen LogP contribution is 2.30. The number of hydrogen-bond donors (Lipinski definition) is 1. The van der Waals surface area contributed by atoms with E-state index >= 15 is 0 Å². The van der Waals surface area contributed by atoms with E-state index in [1.807, 2.05) is 0 Å². The molecule has 0 bridgehead atoms. The number of benzene rings is 2. The number of aliphatic hydroxyl groups is 1. The Kier molecular flexibility index (Phi) is 7.65. The van der Waals surface area contributed by atoms with E-state index in [4.69, 9.17) is 0 Å². The number of aromatic nitrogens is 1. The fraction of sp³-hybridized carbons (Fsp3) is 0.261. The summed E-state index contributed by atoms with van der Waals surface area (Å²) >= 11 is 0. The molecule has 34 heavy (non-hydrogen) atoms. The SMILES string of the molecule is OC(CN(Cc1cccc(OC(F)(F)C(F)F)c1)c1cccc(-c2ccccn2)c1)C(F)(F)F. The lowest BCUT2D eigenvalue weighted by atomic mass is 10.1. The Morgan fingerprint density at radius 2 is 1.65 bits per heavy atom. The molecule has 1 atom stereocenters. The summed E-state index contributed by atoms with van der Waals surface area (Å²) < 4.78 is 94.7. The molecule has 3 rings (SSSR count). The summed E-state index contributed by atoms with van der Waals surface area (Å²) in [6.45, 7) is -1.14. The minimum atomic E-state index is -4.90. The molecular formula is C23H19F7N2O2. The largest absolute Gasteiger partial charge is 0.461 e. The summed E-state index contributed by atoms with van der Waals surface area (Å²) in [6.07, 6.45) is -14.9. The van der Waals surface area contributed by atoms with Gasteiger partial charge in [0.2, 0.25) is 0 Å². The third kappa shape index (κ3) is 6.60. The molecule has 0 aliphatic heterocycles. The quantitative estimate of drug-likeness (QED) is 0.380. The van der Waals surface area contributed by atoms with E-state index < -0.39 is 37.1 Å². The Morgan fingerprint density at radius 1 is 0.912 bits per heavy atom. The van der Waals surface area contributed by atoms with Gasteiger partial charge in [-0.05, 0) is 42.0 Å². The second-order valence-electron chi connectivity index (χ2n) is 7.32. The Labute approximate surface area is 190 Å². The van der Waals surface area contributed by atoms with Gasteiger partial charge in [0.1, 0.15) is 5.75 Å². The molecule has 4 nitrogen and oxygen atoms in total. The van der Waals surface area contributed by atoms with Crippen LogP contribution in [-0.4, -0.2) is 41.4 Å². The van der Waals surface area contributed by atoms with Gasteiger partial charge >= 0.3 is 18.7 Å². The number of nitrogens with zero attached hydrogens (tertiary/aromatic N) is 2. The molecule has 0 aliphatic carbocycles. The van der Waals surface area contributed by atoms with E-state index in [1.54, 1.807) is 42.6 Å². The summed E-state index contributed by atoms with van der Waals surface area (Å²) in [7, 11) is 0. The Morgan fingerprint density at radius 3 is 2.29 bits per heavy atom. The highest BCUT2D eigenvalue weighted by molar-refractivity contribution is 5.65. The first-order valence-corrected chi connectivity index (χ1v) is 9.91. The second-order valence-corrected chi connectivity index (χ2v) is 7.32. The van der Waals surface area contributed by atoms with Gasteiger partial charge in [-0.25, -0.2) is 0 Å². The van der Waals surface area contributed by atoms with Gasteiger partial charge < -0.3 is 14.7 Å². The highest BCUT2D eigenvalue weighted by Gasteiger charge is 2.44. The number of anilines is 1. The molecule has 1 N–H and O–H groups in total. The lowest BCUT2D eigenvalue weighted by Crippen LogP contribution is -2.41. The van der Waals surface area contributed by atoms with Crippen LogP contribution in [0, 0.1) is 0 Å². The van der Waals surface area contributed by atoms with Gasteiger partial charge in [-0.1, -0.05) is 30.3 Å². The molecule has 11 heteroatoms. The fourth-order valence-electron chi connectivity index (χ4n) is 3.10. The maximum atomic E-state index is 13.3. The van der Waals surface area contributed by atoms with E-state index in [1.165, 1.54) is 23.1 Å². The molecule has 182 valence electrons. The molecule has 0 spiro atoms. The van der Waals surface area contributed by atoms with Crippen LogP contribution >= 0.6 is 0 Å². The zero-order valence-electron chi connectivity index (χ0n) is 17.4. The van der Waals surface area contributed by atoms with Crippen molar-refractivity contribution in [2.24, 2.45) is 0 Å². The molecule has 0 aliphatic rings. The average Bonchev–Trinajstić information content (AvgIpc) is 2.78. The minimum absolute atomic E-state index is 0.195. The number of hydrogen-bond acceptors (Lipinski definition) is 4. The third-order valence-corrected chi connectivity index (χ3v) is 4.72. The van der Waals surface area contributed by atoms with Crippen molar-refractivity contribution in [3.05, 3.63) is 78.5 Å². The van der Waals surface area contributed by atoms with Crippen molar-refractivity contribution in [2.75, 3.05) is 11.4 Å². The number of halogens is 7. The van der Waals surface area contributed by atoms with Crippen LogP contribution in [0.3, 0.4) is 0 Å².